The quantitative estimate of drug-likeness (QED) is 0.306. The Kier molecular flexibility index (Phi) is 9.80. The first-order valence-corrected chi connectivity index (χ1v) is 13.4. The molecular formula is C30H34BrClN2O3. The highest BCUT2D eigenvalue weighted by atomic mass is 79.9. The summed E-state index contributed by atoms with van der Waals surface area (Å²) >= 11 is 9.65. The first-order valence-electron chi connectivity index (χ1n) is 12.2. The van der Waals surface area contributed by atoms with Crippen LogP contribution in [0.2, 0.25) is 5.02 Å². The van der Waals surface area contributed by atoms with Crippen molar-refractivity contribution < 1.29 is 14.3 Å². The maximum Gasteiger partial charge on any atom is 0.261 e. The van der Waals surface area contributed by atoms with Crippen molar-refractivity contribution in [3.05, 3.63) is 98.5 Å². The van der Waals surface area contributed by atoms with Crippen LogP contribution in [0.25, 0.3) is 0 Å². The lowest BCUT2D eigenvalue weighted by Crippen LogP contribution is -2.55. The predicted octanol–water partition coefficient (Wildman–Crippen LogP) is 6.65. The predicted molar refractivity (Wildman–Crippen MR) is 153 cm³/mol. The number of benzene rings is 3. The fourth-order valence-corrected chi connectivity index (χ4v) is 4.37. The standard InChI is InChI=1S/C30H34BrClN2O3/c1-20-15-25(16-21(2)28(20)31)37-19-27(35)34(18-23-11-13-24(32)14-12-23)26(29(36)33-30(3,4)5)17-22-9-7-6-8-10-22/h6-16,26H,17-19H2,1-5H3,(H,33,36). The second-order valence-corrected chi connectivity index (χ2v) is 11.5. The molecule has 0 saturated carbocycles. The Labute approximate surface area is 233 Å². The van der Waals surface area contributed by atoms with E-state index in [1.807, 2.05) is 89.2 Å². The molecule has 0 aliphatic carbocycles. The number of nitrogens with one attached hydrogen (secondary N) is 1. The second kappa shape index (κ2) is 12.6. The zero-order valence-corrected chi connectivity index (χ0v) is 24.3. The zero-order chi connectivity index (χ0) is 27.2. The van der Waals surface area contributed by atoms with Crippen LogP contribution >= 0.6 is 27.5 Å². The molecule has 1 unspecified atom stereocenters. The number of rotatable bonds is 9. The minimum Gasteiger partial charge on any atom is -0.484 e. The number of carbonyl (C=O) groups is 2. The Balaban J connectivity index is 1.94. The summed E-state index contributed by atoms with van der Waals surface area (Å²) in [4.78, 5) is 28.9. The van der Waals surface area contributed by atoms with Crippen molar-refractivity contribution in [3.63, 3.8) is 0 Å². The molecule has 1 N–H and O–H groups in total. The smallest absolute Gasteiger partial charge is 0.261 e. The molecule has 1 atom stereocenters. The SMILES string of the molecule is Cc1cc(OCC(=O)N(Cc2ccc(Cl)cc2)C(Cc2ccccc2)C(=O)NC(C)(C)C)cc(C)c1Br. The molecule has 2 amide bonds. The third kappa shape index (κ3) is 8.61. The highest BCUT2D eigenvalue weighted by Crippen LogP contribution is 2.26. The number of carbonyl (C=O) groups excluding carboxylic acids is 2. The summed E-state index contributed by atoms with van der Waals surface area (Å²) in [6.07, 6.45) is 0.374. The largest absolute Gasteiger partial charge is 0.484 e. The Morgan fingerprint density at radius 1 is 0.973 bits per heavy atom. The molecule has 0 aliphatic rings. The highest BCUT2D eigenvalue weighted by molar-refractivity contribution is 9.10. The average Bonchev–Trinajstić information content (AvgIpc) is 2.83. The fourth-order valence-electron chi connectivity index (χ4n) is 4.01. The summed E-state index contributed by atoms with van der Waals surface area (Å²) < 4.78 is 6.95. The summed E-state index contributed by atoms with van der Waals surface area (Å²) in [6.45, 7) is 9.79. The van der Waals surface area contributed by atoms with Gasteiger partial charge in [-0.25, -0.2) is 0 Å². The van der Waals surface area contributed by atoms with E-state index in [-0.39, 0.29) is 25.0 Å². The van der Waals surface area contributed by atoms with Gasteiger partial charge >= 0.3 is 0 Å². The summed E-state index contributed by atoms with van der Waals surface area (Å²) in [5.74, 6) is 0.115. The summed E-state index contributed by atoms with van der Waals surface area (Å²) in [5, 5.41) is 3.67. The van der Waals surface area contributed by atoms with Crippen LogP contribution in [0.5, 0.6) is 5.75 Å². The number of halogens is 2. The van der Waals surface area contributed by atoms with Crippen LogP contribution in [-0.2, 0) is 22.6 Å². The number of hydrogen-bond donors (Lipinski definition) is 1. The molecule has 0 radical (unpaired) electrons. The van der Waals surface area contributed by atoms with E-state index in [2.05, 4.69) is 21.2 Å². The van der Waals surface area contributed by atoms with E-state index in [1.165, 1.54) is 0 Å². The number of hydrogen-bond acceptors (Lipinski definition) is 3. The van der Waals surface area contributed by atoms with Crippen molar-refractivity contribution in [1.82, 2.24) is 10.2 Å². The van der Waals surface area contributed by atoms with Gasteiger partial charge in [-0.2, -0.15) is 0 Å². The number of amides is 2. The molecule has 37 heavy (non-hydrogen) atoms. The maximum atomic E-state index is 13.7. The van der Waals surface area contributed by atoms with Gasteiger partial charge in [-0.1, -0.05) is 70.0 Å². The molecule has 0 fully saturated rings. The molecule has 0 heterocycles. The Bertz CT molecular complexity index is 1200. The first-order chi connectivity index (χ1) is 17.4. The van der Waals surface area contributed by atoms with Gasteiger partial charge in [0.1, 0.15) is 11.8 Å². The Morgan fingerprint density at radius 2 is 1.57 bits per heavy atom. The lowest BCUT2D eigenvalue weighted by atomic mass is 10.0. The van der Waals surface area contributed by atoms with E-state index in [4.69, 9.17) is 16.3 Å². The van der Waals surface area contributed by atoms with Gasteiger partial charge in [0.05, 0.1) is 0 Å². The average molecular weight is 586 g/mol. The van der Waals surface area contributed by atoms with Crippen LogP contribution in [0.1, 0.15) is 43.0 Å². The van der Waals surface area contributed by atoms with Crippen LogP contribution in [0.3, 0.4) is 0 Å². The van der Waals surface area contributed by atoms with Crippen molar-refractivity contribution in [1.29, 1.82) is 0 Å². The van der Waals surface area contributed by atoms with Gasteiger partial charge in [-0.05, 0) is 81.1 Å². The molecule has 5 nitrogen and oxygen atoms in total. The van der Waals surface area contributed by atoms with E-state index >= 15 is 0 Å². The van der Waals surface area contributed by atoms with Gasteiger partial charge < -0.3 is 15.0 Å². The van der Waals surface area contributed by atoms with Crippen molar-refractivity contribution >= 4 is 39.3 Å². The lowest BCUT2D eigenvalue weighted by Gasteiger charge is -2.33. The Hall–Kier alpha value is -2.83. The van der Waals surface area contributed by atoms with Crippen molar-refractivity contribution in [2.45, 2.75) is 59.2 Å². The molecular weight excluding hydrogens is 552 g/mol. The van der Waals surface area contributed by atoms with E-state index in [1.54, 1.807) is 17.0 Å². The molecule has 3 aromatic rings. The number of aryl methyl sites for hydroxylation is 2. The topological polar surface area (TPSA) is 58.6 Å². The molecule has 0 saturated heterocycles. The number of ether oxygens (including phenoxy) is 1. The maximum absolute atomic E-state index is 13.7. The van der Waals surface area contributed by atoms with Crippen LogP contribution < -0.4 is 10.1 Å². The number of nitrogens with zero attached hydrogens (tertiary/aromatic N) is 1. The third-order valence-electron chi connectivity index (χ3n) is 5.81. The molecule has 3 aromatic carbocycles. The van der Waals surface area contributed by atoms with Gasteiger partial charge in [-0.15, -0.1) is 0 Å². The lowest BCUT2D eigenvalue weighted by molar-refractivity contribution is -0.143. The molecule has 0 spiro atoms. The van der Waals surface area contributed by atoms with E-state index in [9.17, 15) is 9.59 Å². The van der Waals surface area contributed by atoms with Crippen LogP contribution in [0.4, 0.5) is 0 Å². The molecule has 7 heteroatoms. The molecule has 3 rings (SSSR count). The van der Waals surface area contributed by atoms with E-state index in [0.29, 0.717) is 17.2 Å². The molecule has 0 aromatic heterocycles. The van der Waals surface area contributed by atoms with Gasteiger partial charge in [0.2, 0.25) is 5.91 Å². The minimum absolute atomic E-state index is 0.192. The van der Waals surface area contributed by atoms with Crippen LogP contribution in [-0.4, -0.2) is 34.9 Å². The van der Waals surface area contributed by atoms with E-state index in [0.717, 1.165) is 26.7 Å². The second-order valence-electron chi connectivity index (χ2n) is 10.3. The Morgan fingerprint density at radius 3 is 2.14 bits per heavy atom. The minimum atomic E-state index is -0.734. The third-order valence-corrected chi connectivity index (χ3v) is 7.31. The van der Waals surface area contributed by atoms with Gasteiger partial charge in [0, 0.05) is 28.0 Å². The van der Waals surface area contributed by atoms with Gasteiger partial charge in [0.15, 0.2) is 6.61 Å². The van der Waals surface area contributed by atoms with Gasteiger partial charge in [-0.3, -0.25) is 9.59 Å². The normalized spacial score (nSPS) is 12.1. The summed E-state index contributed by atoms with van der Waals surface area (Å²) in [5.41, 5.74) is 3.42. The van der Waals surface area contributed by atoms with Crippen LogP contribution in [0.15, 0.2) is 71.2 Å². The molecule has 0 aliphatic heterocycles. The van der Waals surface area contributed by atoms with Gasteiger partial charge in [0.25, 0.3) is 5.91 Å². The molecule has 196 valence electrons. The first kappa shape index (κ1) is 28.7. The van der Waals surface area contributed by atoms with Crippen molar-refractivity contribution in [3.8, 4) is 5.75 Å². The fraction of sp³-hybridized carbons (Fsp3) is 0.333. The van der Waals surface area contributed by atoms with Crippen LogP contribution in [0, 0.1) is 13.8 Å². The summed E-state index contributed by atoms with van der Waals surface area (Å²) in [7, 11) is 0. The van der Waals surface area contributed by atoms with Crippen molar-refractivity contribution in [2.75, 3.05) is 6.61 Å². The highest BCUT2D eigenvalue weighted by Gasteiger charge is 2.32. The zero-order valence-electron chi connectivity index (χ0n) is 22.0. The van der Waals surface area contributed by atoms with Crippen molar-refractivity contribution in [2.24, 2.45) is 0 Å². The van der Waals surface area contributed by atoms with E-state index < -0.39 is 11.6 Å². The molecule has 0 bridgehead atoms. The monoisotopic (exact) mass is 584 g/mol. The summed E-state index contributed by atoms with van der Waals surface area (Å²) in [6, 6.07) is 20.1.